The Labute approximate surface area is 121 Å². The van der Waals surface area contributed by atoms with Gasteiger partial charge in [-0.15, -0.1) is 0 Å². The number of hydrogen-bond donors (Lipinski definition) is 1. The van der Waals surface area contributed by atoms with Gasteiger partial charge in [-0.3, -0.25) is 9.69 Å². The highest BCUT2D eigenvalue weighted by atomic mass is 16.5. The lowest BCUT2D eigenvalue weighted by atomic mass is 10.1. The van der Waals surface area contributed by atoms with Gasteiger partial charge in [-0.25, -0.2) is 0 Å². The number of benzene rings is 1. The zero-order valence-electron chi connectivity index (χ0n) is 12.5. The second-order valence-electron chi connectivity index (χ2n) is 5.62. The molecule has 1 aromatic rings. The zero-order valence-corrected chi connectivity index (χ0v) is 12.5. The molecule has 1 aromatic carbocycles. The Kier molecular flexibility index (Phi) is 5.15. The average molecular weight is 276 g/mol. The number of nitrogens with zero attached hydrogens (tertiary/aromatic N) is 1. The molecule has 20 heavy (non-hydrogen) atoms. The van der Waals surface area contributed by atoms with Crippen molar-refractivity contribution in [3.8, 4) is 0 Å². The van der Waals surface area contributed by atoms with E-state index in [1.54, 1.807) is 0 Å². The summed E-state index contributed by atoms with van der Waals surface area (Å²) in [7, 11) is 0. The summed E-state index contributed by atoms with van der Waals surface area (Å²) in [5.41, 5.74) is 1.13. The minimum absolute atomic E-state index is 0.0393. The van der Waals surface area contributed by atoms with Crippen molar-refractivity contribution in [1.29, 1.82) is 0 Å². The first kappa shape index (κ1) is 15.0. The fraction of sp³-hybridized carbons (Fsp3) is 0.562. The fourth-order valence-corrected chi connectivity index (χ4v) is 2.49. The van der Waals surface area contributed by atoms with E-state index >= 15 is 0 Å². The van der Waals surface area contributed by atoms with Gasteiger partial charge in [0.25, 0.3) is 0 Å². The molecule has 1 heterocycles. The number of carbonyl (C=O) groups excluding carboxylic acids is 1. The molecule has 1 fully saturated rings. The van der Waals surface area contributed by atoms with Crippen LogP contribution >= 0.6 is 0 Å². The van der Waals surface area contributed by atoms with Crippen molar-refractivity contribution in [2.75, 3.05) is 19.7 Å². The molecule has 2 rings (SSSR count). The van der Waals surface area contributed by atoms with Crippen molar-refractivity contribution in [3.05, 3.63) is 35.9 Å². The van der Waals surface area contributed by atoms with Crippen molar-refractivity contribution in [3.63, 3.8) is 0 Å². The van der Waals surface area contributed by atoms with Gasteiger partial charge in [0.05, 0.1) is 25.3 Å². The molecule has 0 aliphatic carbocycles. The number of carbonyl (C=O) groups is 1. The van der Waals surface area contributed by atoms with E-state index in [0.717, 1.165) is 12.1 Å². The number of rotatable bonds is 4. The number of hydrogen-bond acceptors (Lipinski definition) is 3. The van der Waals surface area contributed by atoms with E-state index < -0.39 is 0 Å². The van der Waals surface area contributed by atoms with Crippen LogP contribution in [-0.4, -0.2) is 42.6 Å². The van der Waals surface area contributed by atoms with E-state index in [4.69, 9.17) is 4.74 Å². The highest BCUT2D eigenvalue weighted by Crippen LogP contribution is 2.13. The van der Waals surface area contributed by atoms with Crippen LogP contribution in [0.1, 0.15) is 32.4 Å². The Morgan fingerprint density at radius 2 is 2.10 bits per heavy atom. The third-order valence-corrected chi connectivity index (χ3v) is 3.76. The summed E-state index contributed by atoms with van der Waals surface area (Å²) in [5.74, 6) is 0.0716. The maximum absolute atomic E-state index is 12.2. The maximum Gasteiger partial charge on any atom is 0.234 e. The van der Waals surface area contributed by atoms with E-state index in [1.165, 1.54) is 0 Å². The minimum Gasteiger partial charge on any atom is -0.376 e. The van der Waals surface area contributed by atoms with Gasteiger partial charge in [-0.1, -0.05) is 30.3 Å². The molecule has 4 nitrogen and oxygen atoms in total. The summed E-state index contributed by atoms with van der Waals surface area (Å²) in [4.78, 5) is 14.3. The summed E-state index contributed by atoms with van der Waals surface area (Å²) in [6.45, 7) is 8.10. The van der Waals surface area contributed by atoms with Crippen LogP contribution in [0.5, 0.6) is 0 Å². The lowest BCUT2D eigenvalue weighted by Gasteiger charge is -2.36. The molecule has 1 N–H and O–H groups in total. The van der Waals surface area contributed by atoms with E-state index in [0.29, 0.717) is 19.2 Å². The first-order valence-electron chi connectivity index (χ1n) is 7.26. The normalized spacial score (nSPS) is 25.1. The quantitative estimate of drug-likeness (QED) is 0.914. The largest absolute Gasteiger partial charge is 0.376 e. The molecule has 4 heteroatoms. The van der Waals surface area contributed by atoms with Crippen LogP contribution in [-0.2, 0) is 9.53 Å². The lowest BCUT2D eigenvalue weighted by molar-refractivity contribution is -0.126. The Hall–Kier alpha value is -1.39. The molecule has 0 saturated carbocycles. The topological polar surface area (TPSA) is 41.6 Å². The third kappa shape index (κ3) is 4.05. The molecule has 1 aliphatic heterocycles. The SMILES string of the molecule is CC1CN(CC(=O)NC(C)c2ccccc2)C(C)CO1. The van der Waals surface area contributed by atoms with Gasteiger partial charge in [0.15, 0.2) is 0 Å². The van der Waals surface area contributed by atoms with E-state index in [-0.39, 0.29) is 18.1 Å². The second-order valence-corrected chi connectivity index (χ2v) is 5.62. The summed E-state index contributed by atoms with van der Waals surface area (Å²) >= 11 is 0. The van der Waals surface area contributed by atoms with Crippen LogP contribution in [0.4, 0.5) is 0 Å². The summed E-state index contributed by atoms with van der Waals surface area (Å²) in [6.07, 6.45) is 0.200. The summed E-state index contributed by atoms with van der Waals surface area (Å²) in [5, 5.41) is 3.06. The standard InChI is InChI=1S/C16H24N2O2/c1-12-11-20-13(2)9-18(12)10-16(19)17-14(3)15-7-5-4-6-8-15/h4-8,12-14H,9-11H2,1-3H3,(H,17,19). The van der Waals surface area contributed by atoms with Crippen LogP contribution in [0.25, 0.3) is 0 Å². The van der Waals surface area contributed by atoms with Crippen LogP contribution in [0.2, 0.25) is 0 Å². The highest BCUT2D eigenvalue weighted by Gasteiger charge is 2.25. The van der Waals surface area contributed by atoms with Gasteiger partial charge in [0, 0.05) is 12.6 Å². The fourth-order valence-electron chi connectivity index (χ4n) is 2.49. The molecule has 110 valence electrons. The monoisotopic (exact) mass is 276 g/mol. The van der Waals surface area contributed by atoms with Crippen molar-refractivity contribution in [2.45, 2.75) is 39.0 Å². The van der Waals surface area contributed by atoms with Crippen LogP contribution < -0.4 is 5.32 Å². The minimum atomic E-state index is 0.0393. The highest BCUT2D eigenvalue weighted by molar-refractivity contribution is 5.78. The van der Waals surface area contributed by atoms with E-state index in [2.05, 4.69) is 17.1 Å². The predicted molar refractivity (Wildman–Crippen MR) is 79.4 cm³/mol. The maximum atomic E-state index is 12.2. The molecular formula is C16H24N2O2. The van der Waals surface area contributed by atoms with Crippen molar-refractivity contribution < 1.29 is 9.53 Å². The third-order valence-electron chi connectivity index (χ3n) is 3.76. The van der Waals surface area contributed by atoms with Crippen LogP contribution in [0.3, 0.4) is 0 Å². The van der Waals surface area contributed by atoms with Crippen molar-refractivity contribution in [2.24, 2.45) is 0 Å². The molecule has 3 unspecified atom stereocenters. The van der Waals surface area contributed by atoms with E-state index in [9.17, 15) is 4.79 Å². The Balaban J connectivity index is 1.86. The van der Waals surface area contributed by atoms with Gasteiger partial charge in [-0.05, 0) is 26.3 Å². The molecule has 1 aliphatic rings. The molecule has 1 amide bonds. The van der Waals surface area contributed by atoms with Gasteiger partial charge in [-0.2, -0.15) is 0 Å². The number of nitrogens with one attached hydrogen (secondary N) is 1. The lowest BCUT2D eigenvalue weighted by Crippen LogP contribution is -2.51. The molecule has 3 atom stereocenters. The Morgan fingerprint density at radius 1 is 1.40 bits per heavy atom. The van der Waals surface area contributed by atoms with Crippen molar-refractivity contribution >= 4 is 5.91 Å². The van der Waals surface area contributed by atoms with Gasteiger partial charge in [0.2, 0.25) is 5.91 Å². The number of amides is 1. The second kappa shape index (κ2) is 6.86. The van der Waals surface area contributed by atoms with Crippen LogP contribution in [0.15, 0.2) is 30.3 Å². The zero-order chi connectivity index (χ0) is 14.5. The van der Waals surface area contributed by atoms with Crippen molar-refractivity contribution in [1.82, 2.24) is 10.2 Å². The summed E-state index contributed by atoms with van der Waals surface area (Å²) in [6, 6.07) is 10.4. The predicted octanol–water partition coefficient (Wildman–Crippen LogP) is 1.97. The van der Waals surface area contributed by atoms with Gasteiger partial charge >= 0.3 is 0 Å². The summed E-state index contributed by atoms with van der Waals surface area (Å²) < 4.78 is 5.58. The van der Waals surface area contributed by atoms with Gasteiger partial charge < -0.3 is 10.1 Å². The molecule has 1 saturated heterocycles. The molecule has 0 radical (unpaired) electrons. The van der Waals surface area contributed by atoms with Gasteiger partial charge in [0.1, 0.15) is 0 Å². The van der Waals surface area contributed by atoms with E-state index in [1.807, 2.05) is 44.2 Å². The smallest absolute Gasteiger partial charge is 0.234 e. The number of ether oxygens (including phenoxy) is 1. The Morgan fingerprint density at radius 3 is 2.80 bits per heavy atom. The first-order chi connectivity index (χ1) is 9.56. The van der Waals surface area contributed by atoms with Crippen LogP contribution in [0, 0.1) is 0 Å². The molecular weight excluding hydrogens is 252 g/mol. The average Bonchev–Trinajstić information content (AvgIpc) is 2.43. The molecule has 0 spiro atoms. The Bertz CT molecular complexity index is 435. The molecule has 0 bridgehead atoms. The first-order valence-corrected chi connectivity index (χ1v) is 7.26. The molecule has 0 aromatic heterocycles. The number of morpholine rings is 1.